The average molecular weight is 405 g/mol. The second-order valence-corrected chi connectivity index (χ2v) is 6.77. The predicted octanol–water partition coefficient (Wildman–Crippen LogP) is 2.76. The number of aliphatic carboxylic acids is 1. The molecule has 0 fully saturated rings. The van der Waals surface area contributed by atoms with Crippen molar-refractivity contribution in [1.29, 1.82) is 0 Å². The topological polar surface area (TPSA) is 111 Å². The number of hydrogen-bond donors (Lipinski definition) is 2. The molecule has 0 saturated carbocycles. The zero-order chi connectivity index (χ0) is 21.3. The Morgan fingerprint density at radius 3 is 2.83 bits per heavy atom. The summed E-state index contributed by atoms with van der Waals surface area (Å²) in [5.74, 6) is -1.43. The minimum Gasteiger partial charge on any atom is -0.493 e. The predicted molar refractivity (Wildman–Crippen MR) is 112 cm³/mol. The lowest BCUT2D eigenvalue weighted by Gasteiger charge is -2.09. The van der Waals surface area contributed by atoms with Crippen LogP contribution in [0.15, 0.2) is 47.3 Å². The largest absolute Gasteiger partial charge is 0.493 e. The number of fused-ring (bicyclic) bond motifs is 2. The van der Waals surface area contributed by atoms with Crippen LogP contribution < -0.4 is 15.6 Å². The van der Waals surface area contributed by atoms with Crippen molar-refractivity contribution in [2.24, 2.45) is 0 Å². The Bertz CT molecular complexity index is 1260. The van der Waals surface area contributed by atoms with Crippen molar-refractivity contribution in [1.82, 2.24) is 9.55 Å². The first-order valence-electron chi connectivity index (χ1n) is 9.49. The Hall–Kier alpha value is -3.94. The SMILES string of the molecule is CCOc1ccccc1/C=C1/CCn2c1nc1cc(NC(=O)C(=O)O)ccc1c2=O. The number of nitrogens with zero attached hydrogens (tertiary/aromatic N) is 2. The Morgan fingerprint density at radius 1 is 1.27 bits per heavy atom. The number of aromatic nitrogens is 2. The van der Waals surface area contributed by atoms with E-state index in [9.17, 15) is 14.4 Å². The molecule has 0 spiro atoms. The van der Waals surface area contributed by atoms with Crippen molar-refractivity contribution in [3.8, 4) is 5.75 Å². The normalized spacial score (nSPS) is 14.0. The number of carbonyl (C=O) groups is 2. The van der Waals surface area contributed by atoms with Gasteiger partial charge >= 0.3 is 11.9 Å². The molecule has 152 valence electrons. The molecule has 2 aromatic carbocycles. The van der Waals surface area contributed by atoms with Crippen molar-refractivity contribution in [3.05, 3.63) is 64.2 Å². The molecule has 1 aromatic heterocycles. The van der Waals surface area contributed by atoms with Gasteiger partial charge in [-0.1, -0.05) is 18.2 Å². The maximum atomic E-state index is 12.9. The molecule has 0 aliphatic carbocycles. The number of para-hydroxylation sites is 1. The lowest BCUT2D eigenvalue weighted by atomic mass is 10.1. The van der Waals surface area contributed by atoms with E-state index in [4.69, 9.17) is 9.84 Å². The highest BCUT2D eigenvalue weighted by Crippen LogP contribution is 2.30. The zero-order valence-corrected chi connectivity index (χ0v) is 16.2. The molecule has 1 amide bonds. The fraction of sp³-hybridized carbons (Fsp3) is 0.182. The van der Waals surface area contributed by atoms with Crippen LogP contribution in [0.2, 0.25) is 0 Å². The van der Waals surface area contributed by atoms with Crippen LogP contribution in [0.5, 0.6) is 5.75 Å². The summed E-state index contributed by atoms with van der Waals surface area (Å²) < 4.78 is 7.31. The number of allylic oxidation sites excluding steroid dienone is 1. The van der Waals surface area contributed by atoms with Crippen LogP contribution in [0.25, 0.3) is 22.6 Å². The second-order valence-electron chi connectivity index (χ2n) is 6.77. The van der Waals surface area contributed by atoms with Gasteiger partial charge in [-0.05, 0) is 49.3 Å². The minimum atomic E-state index is -1.59. The lowest BCUT2D eigenvalue weighted by molar-refractivity contribution is -0.147. The highest BCUT2D eigenvalue weighted by atomic mass is 16.5. The molecule has 1 aliphatic heterocycles. The summed E-state index contributed by atoms with van der Waals surface area (Å²) in [4.78, 5) is 39.7. The van der Waals surface area contributed by atoms with Gasteiger partial charge in [-0.2, -0.15) is 0 Å². The van der Waals surface area contributed by atoms with Crippen LogP contribution >= 0.6 is 0 Å². The monoisotopic (exact) mass is 405 g/mol. The Kier molecular flexibility index (Phi) is 5.05. The third-order valence-corrected chi connectivity index (χ3v) is 4.85. The van der Waals surface area contributed by atoms with Crippen LogP contribution in [0.1, 0.15) is 24.7 Å². The van der Waals surface area contributed by atoms with Crippen LogP contribution in [0.3, 0.4) is 0 Å². The number of anilines is 1. The van der Waals surface area contributed by atoms with E-state index in [0.717, 1.165) is 16.9 Å². The molecule has 8 nitrogen and oxygen atoms in total. The van der Waals surface area contributed by atoms with Crippen molar-refractivity contribution >= 4 is 40.1 Å². The van der Waals surface area contributed by atoms with Crippen molar-refractivity contribution in [2.45, 2.75) is 19.9 Å². The molecule has 4 rings (SSSR count). The lowest BCUT2D eigenvalue weighted by Crippen LogP contribution is -2.23. The molecular formula is C22H19N3O5. The maximum Gasteiger partial charge on any atom is 0.394 e. The number of carbonyl (C=O) groups excluding carboxylic acids is 1. The summed E-state index contributed by atoms with van der Waals surface area (Å²) in [6.07, 6.45) is 2.62. The minimum absolute atomic E-state index is 0.174. The second kappa shape index (κ2) is 7.82. The van der Waals surface area contributed by atoms with Crippen molar-refractivity contribution in [3.63, 3.8) is 0 Å². The Morgan fingerprint density at radius 2 is 2.07 bits per heavy atom. The Balaban J connectivity index is 1.79. The van der Waals surface area contributed by atoms with Crippen molar-refractivity contribution in [2.75, 3.05) is 11.9 Å². The fourth-order valence-corrected chi connectivity index (χ4v) is 3.49. The fourth-order valence-electron chi connectivity index (χ4n) is 3.49. The van der Waals surface area contributed by atoms with E-state index in [1.807, 2.05) is 37.3 Å². The number of rotatable bonds is 4. The summed E-state index contributed by atoms with van der Waals surface area (Å²) in [5, 5.41) is 11.4. The molecule has 0 saturated heterocycles. The molecule has 2 heterocycles. The third kappa shape index (κ3) is 3.55. The Labute approximate surface area is 171 Å². The van der Waals surface area contributed by atoms with Gasteiger partial charge in [-0.3, -0.25) is 14.2 Å². The van der Waals surface area contributed by atoms with E-state index >= 15 is 0 Å². The third-order valence-electron chi connectivity index (χ3n) is 4.85. The van der Waals surface area contributed by atoms with Gasteiger partial charge < -0.3 is 15.2 Å². The number of hydrogen-bond acceptors (Lipinski definition) is 5. The number of nitrogens with one attached hydrogen (secondary N) is 1. The van der Waals surface area contributed by atoms with E-state index < -0.39 is 11.9 Å². The molecular weight excluding hydrogens is 386 g/mol. The average Bonchev–Trinajstić information content (AvgIpc) is 3.12. The van der Waals surface area contributed by atoms with Crippen LogP contribution in [0.4, 0.5) is 5.69 Å². The molecule has 0 atom stereocenters. The summed E-state index contributed by atoms with van der Waals surface area (Å²) in [7, 11) is 0. The quantitative estimate of drug-likeness (QED) is 0.646. The van der Waals surface area contributed by atoms with E-state index in [1.54, 1.807) is 10.6 Å². The first kappa shape index (κ1) is 19.4. The van der Waals surface area contributed by atoms with Gasteiger partial charge in [0.1, 0.15) is 11.6 Å². The summed E-state index contributed by atoms with van der Waals surface area (Å²) in [6.45, 7) is 2.99. The highest BCUT2D eigenvalue weighted by molar-refractivity contribution is 6.36. The van der Waals surface area contributed by atoms with Crippen LogP contribution in [-0.2, 0) is 16.1 Å². The van der Waals surface area contributed by atoms with Gasteiger partial charge in [0.2, 0.25) is 0 Å². The standard InChI is InChI=1S/C22H19N3O5/c1-2-30-18-6-4-3-5-13(18)11-14-9-10-25-19(14)24-17-12-15(23-20(26)22(28)29)7-8-16(17)21(25)27/h3-8,11-12H,2,9-10H2,1H3,(H,23,26)(H,28,29)/b14-11-. The highest BCUT2D eigenvalue weighted by Gasteiger charge is 2.22. The van der Waals surface area contributed by atoms with Gasteiger partial charge in [0.25, 0.3) is 5.56 Å². The number of carboxylic acids is 1. The smallest absolute Gasteiger partial charge is 0.394 e. The molecule has 0 unspecified atom stereocenters. The number of carboxylic acid groups (broad SMARTS) is 1. The first-order chi connectivity index (χ1) is 14.5. The van der Waals surface area contributed by atoms with E-state index in [0.29, 0.717) is 36.3 Å². The molecule has 1 aliphatic rings. The molecule has 2 N–H and O–H groups in total. The molecule has 30 heavy (non-hydrogen) atoms. The van der Waals surface area contributed by atoms with Crippen molar-refractivity contribution < 1.29 is 19.4 Å². The van der Waals surface area contributed by atoms with Gasteiger partial charge in [0, 0.05) is 17.8 Å². The summed E-state index contributed by atoms with van der Waals surface area (Å²) in [6, 6.07) is 12.2. The zero-order valence-electron chi connectivity index (χ0n) is 16.2. The maximum absolute atomic E-state index is 12.9. The number of amides is 1. The summed E-state index contributed by atoms with van der Waals surface area (Å²) >= 11 is 0. The van der Waals surface area contributed by atoms with E-state index in [1.165, 1.54) is 12.1 Å². The molecule has 0 bridgehead atoms. The van der Waals surface area contributed by atoms with E-state index in [-0.39, 0.29) is 11.2 Å². The van der Waals surface area contributed by atoms with Gasteiger partial charge in [-0.15, -0.1) is 0 Å². The van der Waals surface area contributed by atoms with Crippen LogP contribution in [0, 0.1) is 0 Å². The molecule has 0 radical (unpaired) electrons. The number of ether oxygens (including phenoxy) is 1. The van der Waals surface area contributed by atoms with Gasteiger partial charge in [0.15, 0.2) is 0 Å². The first-order valence-corrected chi connectivity index (χ1v) is 9.49. The number of benzene rings is 2. The molecule has 8 heteroatoms. The van der Waals surface area contributed by atoms with E-state index in [2.05, 4.69) is 10.3 Å². The van der Waals surface area contributed by atoms with Gasteiger partial charge in [-0.25, -0.2) is 9.78 Å². The summed E-state index contributed by atoms with van der Waals surface area (Å²) in [5.41, 5.74) is 2.28. The molecule has 3 aromatic rings. The van der Waals surface area contributed by atoms with Gasteiger partial charge in [0.05, 0.1) is 17.5 Å². The van der Waals surface area contributed by atoms with Crippen LogP contribution in [-0.4, -0.2) is 33.1 Å².